The Morgan fingerprint density at radius 1 is 1.50 bits per heavy atom. The number of anilines is 1. The quantitative estimate of drug-likeness (QED) is 0.482. The monoisotopic (exact) mass is 271 g/mol. The highest BCUT2D eigenvalue weighted by Crippen LogP contribution is 2.01. The van der Waals surface area contributed by atoms with Gasteiger partial charge < -0.3 is 10.7 Å². The first-order chi connectivity index (χ1) is 8.52. The first-order valence-corrected chi connectivity index (χ1v) is 7.17. The van der Waals surface area contributed by atoms with Crippen LogP contribution in [0.15, 0.2) is 12.1 Å². The smallest absolute Gasteiger partial charge is 0.272 e. The van der Waals surface area contributed by atoms with Gasteiger partial charge in [-0.1, -0.05) is 0 Å². The summed E-state index contributed by atoms with van der Waals surface area (Å²) in [5, 5.41) is 10.2. The fourth-order valence-electron chi connectivity index (χ4n) is 1.24. The van der Waals surface area contributed by atoms with E-state index < -0.39 is 10.8 Å². The molecule has 0 saturated heterocycles. The first-order valence-electron chi connectivity index (χ1n) is 5.44. The van der Waals surface area contributed by atoms with E-state index in [1.165, 1.54) is 6.07 Å². The van der Waals surface area contributed by atoms with Gasteiger partial charge in [0.1, 0.15) is 0 Å². The van der Waals surface area contributed by atoms with Gasteiger partial charge in [0.2, 0.25) is 0 Å². The molecule has 1 aromatic rings. The number of hydrazine groups is 1. The van der Waals surface area contributed by atoms with Crippen molar-refractivity contribution < 1.29 is 9.00 Å². The molecule has 1 amide bonds. The SMILES string of the molecule is CC(CCS(C)=O)NC(=O)c1ccc(NN)nn1. The highest BCUT2D eigenvalue weighted by Gasteiger charge is 2.11. The Morgan fingerprint density at radius 2 is 2.22 bits per heavy atom. The van der Waals surface area contributed by atoms with Gasteiger partial charge in [0.15, 0.2) is 11.5 Å². The Morgan fingerprint density at radius 3 is 2.72 bits per heavy atom. The third kappa shape index (κ3) is 4.76. The van der Waals surface area contributed by atoms with Crippen LogP contribution in [0.3, 0.4) is 0 Å². The Kier molecular flexibility index (Phi) is 5.66. The minimum absolute atomic E-state index is 0.0597. The van der Waals surface area contributed by atoms with Gasteiger partial charge in [-0.05, 0) is 25.5 Å². The standard InChI is InChI=1S/C10H17N5O2S/c1-7(5-6-18(2)17)12-10(16)8-3-4-9(13-11)15-14-8/h3-4,7H,5-6,11H2,1-2H3,(H,12,16)(H,13,15). The van der Waals surface area contributed by atoms with E-state index in [0.29, 0.717) is 18.0 Å². The van der Waals surface area contributed by atoms with Gasteiger partial charge in [-0.3, -0.25) is 9.00 Å². The van der Waals surface area contributed by atoms with E-state index >= 15 is 0 Å². The van der Waals surface area contributed by atoms with E-state index in [0.717, 1.165) is 0 Å². The maximum absolute atomic E-state index is 11.8. The number of hydrogen-bond acceptors (Lipinski definition) is 6. The number of rotatable bonds is 6. The van der Waals surface area contributed by atoms with Gasteiger partial charge in [-0.25, -0.2) is 5.84 Å². The molecule has 2 atom stereocenters. The number of nitrogens with two attached hydrogens (primary N) is 1. The minimum atomic E-state index is -0.851. The fourth-order valence-corrected chi connectivity index (χ4v) is 1.93. The first kappa shape index (κ1) is 14.5. The molecule has 2 unspecified atom stereocenters. The van der Waals surface area contributed by atoms with Crippen molar-refractivity contribution in [3.05, 3.63) is 17.8 Å². The van der Waals surface area contributed by atoms with Gasteiger partial charge in [0.05, 0.1) is 0 Å². The number of nitrogens with one attached hydrogen (secondary N) is 2. The highest BCUT2D eigenvalue weighted by molar-refractivity contribution is 7.84. The molecule has 0 aromatic carbocycles. The predicted octanol–water partition coefficient (Wildman–Crippen LogP) is -0.351. The molecule has 0 radical (unpaired) electrons. The van der Waals surface area contributed by atoms with Crippen LogP contribution in [0.1, 0.15) is 23.8 Å². The number of nitrogen functional groups attached to an aromatic ring is 1. The Balaban J connectivity index is 2.50. The summed E-state index contributed by atoms with van der Waals surface area (Å²) in [5.41, 5.74) is 2.55. The van der Waals surface area contributed by atoms with Crippen LogP contribution in [-0.2, 0) is 10.8 Å². The molecule has 8 heteroatoms. The van der Waals surface area contributed by atoms with Crippen molar-refractivity contribution in [3.63, 3.8) is 0 Å². The van der Waals surface area contributed by atoms with Crippen LogP contribution in [-0.4, -0.2) is 38.4 Å². The van der Waals surface area contributed by atoms with Crippen LogP contribution in [0, 0.1) is 0 Å². The molecule has 0 saturated carbocycles. The van der Waals surface area contributed by atoms with E-state index in [1.807, 2.05) is 6.92 Å². The van der Waals surface area contributed by atoms with Crippen molar-refractivity contribution in [2.45, 2.75) is 19.4 Å². The molecule has 1 heterocycles. The zero-order chi connectivity index (χ0) is 13.5. The molecule has 1 aromatic heterocycles. The Bertz CT molecular complexity index is 423. The Labute approximate surface area is 108 Å². The van der Waals surface area contributed by atoms with Crippen molar-refractivity contribution >= 4 is 22.5 Å². The molecule has 4 N–H and O–H groups in total. The van der Waals surface area contributed by atoms with Gasteiger partial charge in [-0.2, -0.15) is 0 Å². The maximum Gasteiger partial charge on any atom is 0.272 e. The molecule has 0 spiro atoms. The van der Waals surface area contributed by atoms with Gasteiger partial charge in [0.25, 0.3) is 5.91 Å². The van der Waals surface area contributed by atoms with Crippen LogP contribution in [0.4, 0.5) is 5.82 Å². The minimum Gasteiger partial charge on any atom is -0.348 e. The zero-order valence-electron chi connectivity index (χ0n) is 10.3. The van der Waals surface area contributed by atoms with Crippen LogP contribution in [0.2, 0.25) is 0 Å². The van der Waals surface area contributed by atoms with E-state index in [2.05, 4.69) is 20.9 Å². The normalized spacial score (nSPS) is 13.7. The lowest BCUT2D eigenvalue weighted by molar-refractivity contribution is 0.0933. The van der Waals surface area contributed by atoms with Gasteiger partial charge in [-0.15, -0.1) is 10.2 Å². The summed E-state index contributed by atoms with van der Waals surface area (Å²) in [7, 11) is -0.851. The molecule has 100 valence electrons. The molecule has 7 nitrogen and oxygen atoms in total. The molecular formula is C10H17N5O2S. The fraction of sp³-hybridized carbons (Fsp3) is 0.500. The molecule has 0 aliphatic rings. The highest BCUT2D eigenvalue weighted by atomic mass is 32.2. The van der Waals surface area contributed by atoms with E-state index in [9.17, 15) is 9.00 Å². The largest absolute Gasteiger partial charge is 0.348 e. The van der Waals surface area contributed by atoms with Crippen molar-refractivity contribution in [2.75, 3.05) is 17.4 Å². The summed E-state index contributed by atoms with van der Waals surface area (Å²) in [6.45, 7) is 1.86. The average molecular weight is 271 g/mol. The molecule has 18 heavy (non-hydrogen) atoms. The predicted molar refractivity (Wildman–Crippen MR) is 70.3 cm³/mol. The van der Waals surface area contributed by atoms with Crippen molar-refractivity contribution in [3.8, 4) is 0 Å². The summed E-state index contributed by atoms with van der Waals surface area (Å²) < 4.78 is 10.9. The summed E-state index contributed by atoms with van der Waals surface area (Å²) >= 11 is 0. The lowest BCUT2D eigenvalue weighted by Crippen LogP contribution is -2.34. The van der Waals surface area contributed by atoms with E-state index in [-0.39, 0.29) is 17.6 Å². The zero-order valence-corrected chi connectivity index (χ0v) is 11.2. The third-order valence-corrected chi connectivity index (χ3v) is 3.07. The van der Waals surface area contributed by atoms with Crippen LogP contribution < -0.4 is 16.6 Å². The second-order valence-corrected chi connectivity index (χ2v) is 5.44. The number of hydrogen-bond donors (Lipinski definition) is 3. The third-order valence-electron chi connectivity index (χ3n) is 2.26. The summed E-state index contributed by atoms with van der Waals surface area (Å²) in [6, 6.07) is 3.03. The summed E-state index contributed by atoms with van der Waals surface area (Å²) in [5.74, 6) is 5.79. The van der Waals surface area contributed by atoms with Crippen molar-refractivity contribution in [1.29, 1.82) is 0 Å². The second kappa shape index (κ2) is 7.02. The van der Waals surface area contributed by atoms with Crippen LogP contribution >= 0.6 is 0 Å². The van der Waals surface area contributed by atoms with Gasteiger partial charge in [0, 0.05) is 28.9 Å². The lowest BCUT2D eigenvalue weighted by atomic mass is 10.2. The molecule has 1 rings (SSSR count). The number of carbonyl (C=O) groups excluding carboxylic acids is 1. The van der Waals surface area contributed by atoms with Gasteiger partial charge >= 0.3 is 0 Å². The topological polar surface area (TPSA) is 110 Å². The number of carbonyl (C=O) groups is 1. The van der Waals surface area contributed by atoms with Crippen LogP contribution in [0.25, 0.3) is 0 Å². The number of amides is 1. The van der Waals surface area contributed by atoms with Crippen molar-refractivity contribution in [1.82, 2.24) is 15.5 Å². The average Bonchev–Trinajstić information content (AvgIpc) is 2.36. The van der Waals surface area contributed by atoms with E-state index in [1.54, 1.807) is 12.3 Å². The van der Waals surface area contributed by atoms with Crippen LogP contribution in [0.5, 0.6) is 0 Å². The van der Waals surface area contributed by atoms with Crippen molar-refractivity contribution in [2.24, 2.45) is 5.84 Å². The summed E-state index contributed by atoms with van der Waals surface area (Å²) in [4.78, 5) is 11.8. The molecule has 0 bridgehead atoms. The number of nitrogens with zero attached hydrogens (tertiary/aromatic N) is 2. The molecule has 0 aliphatic carbocycles. The second-order valence-electron chi connectivity index (χ2n) is 3.89. The molecular weight excluding hydrogens is 254 g/mol. The summed E-state index contributed by atoms with van der Waals surface area (Å²) in [6.07, 6.45) is 2.29. The lowest BCUT2D eigenvalue weighted by Gasteiger charge is -2.12. The number of aromatic nitrogens is 2. The maximum atomic E-state index is 11.8. The Hall–Kier alpha value is -1.54. The molecule has 0 aliphatic heterocycles. The van der Waals surface area contributed by atoms with E-state index in [4.69, 9.17) is 5.84 Å². The molecule has 0 fully saturated rings.